The normalized spacial score (nSPS) is 19.4. The van der Waals surface area contributed by atoms with Crippen LogP contribution in [0.4, 0.5) is 4.39 Å². The lowest BCUT2D eigenvalue weighted by Crippen LogP contribution is -2.28. The Labute approximate surface area is 97.1 Å². The Kier molecular flexibility index (Phi) is 3.59. The fraction of sp³-hybridized carbons (Fsp3) is 0.571. The molecule has 1 nitrogen and oxygen atoms in total. The van der Waals surface area contributed by atoms with E-state index in [1.165, 1.54) is 12.8 Å². The quantitative estimate of drug-likeness (QED) is 0.802. The summed E-state index contributed by atoms with van der Waals surface area (Å²) in [6, 6.07) is 7.30. The maximum Gasteiger partial charge on any atom is 0.127 e. The maximum atomic E-state index is 13.8. The van der Waals surface area contributed by atoms with Gasteiger partial charge in [0, 0.05) is 11.6 Å². The molecule has 0 heterocycles. The van der Waals surface area contributed by atoms with Gasteiger partial charge in [-0.2, -0.15) is 0 Å². The Balaban J connectivity index is 2.20. The van der Waals surface area contributed by atoms with Gasteiger partial charge in [-0.1, -0.05) is 32.0 Å². The minimum atomic E-state index is -0.0825. The molecule has 88 valence electrons. The molecule has 0 radical (unpaired) electrons. The van der Waals surface area contributed by atoms with Crippen molar-refractivity contribution in [2.45, 2.75) is 32.7 Å². The van der Waals surface area contributed by atoms with Crippen LogP contribution in [0.2, 0.25) is 0 Å². The number of nitrogens with one attached hydrogen (secondary N) is 1. The van der Waals surface area contributed by atoms with Gasteiger partial charge in [0.25, 0.3) is 0 Å². The molecular formula is C14H20FN. The first-order chi connectivity index (χ1) is 7.74. The van der Waals surface area contributed by atoms with E-state index in [0.29, 0.717) is 5.92 Å². The van der Waals surface area contributed by atoms with E-state index >= 15 is 0 Å². The molecule has 0 spiro atoms. The van der Waals surface area contributed by atoms with Gasteiger partial charge in [-0.05, 0) is 37.3 Å². The highest BCUT2D eigenvalue weighted by molar-refractivity contribution is 5.22. The zero-order chi connectivity index (χ0) is 11.5. The first kappa shape index (κ1) is 11.6. The van der Waals surface area contributed by atoms with Gasteiger partial charge in [0.15, 0.2) is 0 Å². The zero-order valence-electron chi connectivity index (χ0n) is 10.0. The molecule has 2 rings (SSSR count). The summed E-state index contributed by atoms with van der Waals surface area (Å²) in [7, 11) is 0. The average Bonchev–Trinajstić information content (AvgIpc) is 3.10. The third-order valence-corrected chi connectivity index (χ3v) is 3.56. The number of halogens is 1. The standard InChI is InChI=1S/C14H20FN/c1-3-16-14(10(2)11-8-9-11)12-6-4-5-7-13(12)15/h4-7,10-11,14,16H,3,8-9H2,1-2H3. The Morgan fingerprint density at radius 2 is 2.06 bits per heavy atom. The number of hydrogen-bond acceptors (Lipinski definition) is 1. The summed E-state index contributed by atoms with van der Waals surface area (Å²) in [5.74, 6) is 1.22. The van der Waals surface area contributed by atoms with Crippen molar-refractivity contribution in [3.8, 4) is 0 Å². The van der Waals surface area contributed by atoms with Gasteiger partial charge in [-0.25, -0.2) is 4.39 Å². The molecule has 2 unspecified atom stereocenters. The van der Waals surface area contributed by atoms with Gasteiger partial charge in [-0.15, -0.1) is 0 Å². The molecule has 1 fully saturated rings. The third-order valence-electron chi connectivity index (χ3n) is 3.56. The second kappa shape index (κ2) is 4.96. The molecule has 0 saturated heterocycles. The lowest BCUT2D eigenvalue weighted by Gasteiger charge is -2.25. The van der Waals surface area contributed by atoms with E-state index < -0.39 is 0 Å². The van der Waals surface area contributed by atoms with Crippen LogP contribution in [0.3, 0.4) is 0 Å². The van der Waals surface area contributed by atoms with Crippen LogP contribution >= 0.6 is 0 Å². The van der Waals surface area contributed by atoms with Crippen molar-refractivity contribution >= 4 is 0 Å². The molecule has 1 aliphatic rings. The first-order valence-corrected chi connectivity index (χ1v) is 6.21. The number of hydrogen-bond donors (Lipinski definition) is 1. The molecule has 0 aliphatic heterocycles. The maximum absolute atomic E-state index is 13.8. The average molecular weight is 221 g/mol. The monoisotopic (exact) mass is 221 g/mol. The van der Waals surface area contributed by atoms with Crippen LogP contribution in [-0.4, -0.2) is 6.54 Å². The van der Waals surface area contributed by atoms with Crippen molar-refractivity contribution < 1.29 is 4.39 Å². The lowest BCUT2D eigenvalue weighted by atomic mass is 9.90. The molecule has 0 amide bonds. The van der Waals surface area contributed by atoms with Crippen molar-refractivity contribution in [3.05, 3.63) is 35.6 Å². The van der Waals surface area contributed by atoms with Crippen LogP contribution in [0, 0.1) is 17.7 Å². The Hall–Kier alpha value is -0.890. The van der Waals surface area contributed by atoms with Gasteiger partial charge >= 0.3 is 0 Å². The Morgan fingerprint density at radius 1 is 1.38 bits per heavy atom. The summed E-state index contributed by atoms with van der Waals surface area (Å²) in [5, 5.41) is 3.42. The summed E-state index contributed by atoms with van der Waals surface area (Å²) >= 11 is 0. The van der Waals surface area contributed by atoms with Crippen molar-refractivity contribution in [1.82, 2.24) is 5.32 Å². The molecule has 1 aromatic rings. The Bertz CT molecular complexity index is 346. The van der Waals surface area contributed by atoms with Crippen LogP contribution in [0.1, 0.15) is 38.3 Å². The lowest BCUT2D eigenvalue weighted by molar-refractivity contribution is 0.345. The van der Waals surface area contributed by atoms with E-state index in [2.05, 4.69) is 19.2 Å². The molecule has 16 heavy (non-hydrogen) atoms. The molecule has 1 saturated carbocycles. The second-order valence-corrected chi connectivity index (χ2v) is 4.75. The minimum Gasteiger partial charge on any atom is -0.310 e. The predicted molar refractivity (Wildman–Crippen MR) is 64.7 cm³/mol. The fourth-order valence-electron chi connectivity index (χ4n) is 2.42. The highest BCUT2D eigenvalue weighted by atomic mass is 19.1. The third kappa shape index (κ3) is 2.43. The van der Waals surface area contributed by atoms with Gasteiger partial charge in [0.1, 0.15) is 5.82 Å². The summed E-state index contributed by atoms with van der Waals surface area (Å²) < 4.78 is 13.8. The van der Waals surface area contributed by atoms with Gasteiger partial charge in [0.05, 0.1) is 0 Å². The smallest absolute Gasteiger partial charge is 0.127 e. The van der Waals surface area contributed by atoms with E-state index in [1.807, 2.05) is 12.1 Å². The summed E-state index contributed by atoms with van der Waals surface area (Å²) in [6.07, 6.45) is 2.61. The SMILES string of the molecule is CCNC(c1ccccc1F)C(C)C1CC1. The van der Waals surface area contributed by atoms with E-state index in [-0.39, 0.29) is 11.9 Å². The van der Waals surface area contributed by atoms with Gasteiger partial charge < -0.3 is 5.32 Å². The molecule has 0 bridgehead atoms. The molecule has 2 heteroatoms. The highest BCUT2D eigenvalue weighted by Crippen LogP contribution is 2.42. The topological polar surface area (TPSA) is 12.0 Å². The molecule has 1 N–H and O–H groups in total. The highest BCUT2D eigenvalue weighted by Gasteiger charge is 2.34. The summed E-state index contributed by atoms with van der Waals surface area (Å²) in [6.45, 7) is 5.20. The molecule has 1 aromatic carbocycles. The summed E-state index contributed by atoms with van der Waals surface area (Å²) in [4.78, 5) is 0. The minimum absolute atomic E-state index is 0.0825. The number of benzene rings is 1. The van der Waals surface area contributed by atoms with Crippen molar-refractivity contribution in [1.29, 1.82) is 0 Å². The molecule has 1 aliphatic carbocycles. The van der Waals surface area contributed by atoms with Crippen LogP contribution in [0.15, 0.2) is 24.3 Å². The van der Waals surface area contributed by atoms with E-state index in [4.69, 9.17) is 0 Å². The predicted octanol–water partition coefficient (Wildman–Crippen LogP) is 3.52. The van der Waals surface area contributed by atoms with Crippen LogP contribution in [-0.2, 0) is 0 Å². The van der Waals surface area contributed by atoms with E-state index in [9.17, 15) is 4.39 Å². The molecular weight excluding hydrogens is 201 g/mol. The van der Waals surface area contributed by atoms with Crippen molar-refractivity contribution in [2.75, 3.05) is 6.54 Å². The van der Waals surface area contributed by atoms with E-state index in [1.54, 1.807) is 12.1 Å². The molecule has 2 atom stereocenters. The van der Waals surface area contributed by atoms with Crippen molar-refractivity contribution in [2.24, 2.45) is 11.8 Å². The van der Waals surface area contributed by atoms with E-state index in [0.717, 1.165) is 18.0 Å². The van der Waals surface area contributed by atoms with Crippen LogP contribution < -0.4 is 5.32 Å². The Morgan fingerprint density at radius 3 is 2.62 bits per heavy atom. The molecule has 0 aromatic heterocycles. The fourth-order valence-corrected chi connectivity index (χ4v) is 2.42. The first-order valence-electron chi connectivity index (χ1n) is 6.21. The number of rotatable bonds is 5. The van der Waals surface area contributed by atoms with Crippen LogP contribution in [0.25, 0.3) is 0 Å². The summed E-state index contributed by atoms with van der Waals surface area (Å²) in [5.41, 5.74) is 0.823. The van der Waals surface area contributed by atoms with Crippen molar-refractivity contribution in [3.63, 3.8) is 0 Å². The largest absolute Gasteiger partial charge is 0.310 e. The van der Waals surface area contributed by atoms with Gasteiger partial charge in [0.2, 0.25) is 0 Å². The zero-order valence-corrected chi connectivity index (χ0v) is 10.0. The van der Waals surface area contributed by atoms with Crippen LogP contribution in [0.5, 0.6) is 0 Å². The second-order valence-electron chi connectivity index (χ2n) is 4.75. The van der Waals surface area contributed by atoms with Gasteiger partial charge in [-0.3, -0.25) is 0 Å².